The molecule has 4 nitrogen and oxygen atoms in total. The monoisotopic (exact) mass is 295 g/mol. The van der Waals surface area contributed by atoms with Crippen molar-refractivity contribution >= 4 is 11.4 Å². The zero-order valence-corrected chi connectivity index (χ0v) is 13.6. The summed E-state index contributed by atoms with van der Waals surface area (Å²) in [6.45, 7) is 8.27. The van der Waals surface area contributed by atoms with Crippen LogP contribution >= 0.6 is 0 Å². The van der Waals surface area contributed by atoms with Crippen molar-refractivity contribution in [1.82, 2.24) is 0 Å². The summed E-state index contributed by atoms with van der Waals surface area (Å²) in [7, 11) is 0. The first kappa shape index (κ1) is 21.3. The first-order chi connectivity index (χ1) is 9.18. The van der Waals surface area contributed by atoms with E-state index in [0.29, 0.717) is 0 Å². The fraction of sp³-hybridized carbons (Fsp3) is 1.00. The molecule has 0 aliphatic heterocycles. The summed E-state index contributed by atoms with van der Waals surface area (Å²) in [6.07, 6.45) is 10.5. The molecule has 0 saturated heterocycles. The molecule has 0 bridgehead atoms. The van der Waals surface area contributed by atoms with E-state index in [1.807, 2.05) is 0 Å². The van der Waals surface area contributed by atoms with E-state index in [-0.39, 0.29) is 6.61 Å². The average molecular weight is 295 g/mol. The Morgan fingerprint density at radius 2 is 1.32 bits per heavy atom. The van der Waals surface area contributed by atoms with Crippen LogP contribution in [-0.2, 0) is 20.3 Å². The molecular formula is C14H31O4S-. The number of unbranched alkanes of at least 4 members (excludes halogenated alkanes) is 6. The molecule has 0 amide bonds. The van der Waals surface area contributed by atoms with Crippen LogP contribution in [0.1, 0.15) is 72.1 Å². The van der Waals surface area contributed by atoms with Crippen LogP contribution in [0.2, 0.25) is 0 Å². The maximum atomic E-state index is 9.38. The summed E-state index contributed by atoms with van der Waals surface area (Å²) in [5.74, 6) is 0. The lowest BCUT2D eigenvalue weighted by atomic mass is 10.2. The lowest BCUT2D eigenvalue weighted by molar-refractivity contribution is 0.126. The molecule has 0 aromatic rings. The van der Waals surface area contributed by atoms with Gasteiger partial charge in [-0.1, -0.05) is 52.4 Å². The molecule has 5 heteroatoms. The largest absolute Gasteiger partial charge is 0.750 e. The minimum Gasteiger partial charge on any atom is -0.750 e. The summed E-state index contributed by atoms with van der Waals surface area (Å²) in [6, 6.07) is 0. The van der Waals surface area contributed by atoms with Crippen molar-refractivity contribution in [3.05, 3.63) is 0 Å². The predicted molar refractivity (Wildman–Crippen MR) is 79.6 cm³/mol. The van der Waals surface area contributed by atoms with Crippen molar-refractivity contribution in [2.24, 2.45) is 0 Å². The SMILES string of the molecule is CCCCCCOCCCCCC.CCOS(=O)[O-]. The second kappa shape index (κ2) is 20.3. The van der Waals surface area contributed by atoms with E-state index in [1.165, 1.54) is 51.4 Å². The molecule has 0 radical (unpaired) electrons. The highest BCUT2D eigenvalue weighted by Crippen LogP contribution is 2.01. The van der Waals surface area contributed by atoms with Gasteiger partial charge in [-0.2, -0.15) is 0 Å². The molecule has 0 aromatic carbocycles. The van der Waals surface area contributed by atoms with Crippen molar-refractivity contribution < 1.29 is 17.7 Å². The first-order valence-electron chi connectivity index (χ1n) is 7.49. The smallest absolute Gasteiger partial charge is 0.0841 e. The molecule has 0 fully saturated rings. The van der Waals surface area contributed by atoms with Crippen molar-refractivity contribution in [2.45, 2.75) is 72.1 Å². The third kappa shape index (κ3) is 27.3. The maximum absolute atomic E-state index is 9.38. The summed E-state index contributed by atoms with van der Waals surface area (Å²) >= 11 is -2.32. The molecule has 0 N–H and O–H groups in total. The fourth-order valence-electron chi connectivity index (χ4n) is 1.46. The Kier molecular flexibility index (Phi) is 22.8. The standard InChI is InChI=1S/C12H26O.C2H6O3S/c1-3-5-7-9-11-13-12-10-8-6-4-2;1-2-5-6(3)4/h3-12H2,1-2H3;2H2,1H3,(H,3,4)/p-1. The van der Waals surface area contributed by atoms with Crippen LogP contribution in [0.25, 0.3) is 0 Å². The fourth-order valence-corrected chi connectivity index (χ4v) is 1.65. The Labute approximate surface area is 121 Å². The molecule has 0 spiro atoms. The van der Waals surface area contributed by atoms with Crippen molar-refractivity contribution in [1.29, 1.82) is 0 Å². The Morgan fingerprint density at radius 1 is 0.842 bits per heavy atom. The van der Waals surface area contributed by atoms with E-state index < -0.39 is 11.4 Å². The predicted octanol–water partition coefficient (Wildman–Crippen LogP) is 3.98. The first-order valence-corrected chi connectivity index (χ1v) is 8.49. The summed E-state index contributed by atoms with van der Waals surface area (Å²) in [4.78, 5) is 0. The van der Waals surface area contributed by atoms with Gasteiger partial charge in [0.15, 0.2) is 0 Å². The lowest BCUT2D eigenvalue weighted by Crippen LogP contribution is -1.96. The molecule has 0 aromatic heterocycles. The average Bonchev–Trinajstić information content (AvgIpc) is 2.37. The molecule has 118 valence electrons. The highest BCUT2D eigenvalue weighted by Gasteiger charge is 1.90. The van der Waals surface area contributed by atoms with E-state index in [4.69, 9.17) is 4.74 Å². The number of ether oxygens (including phenoxy) is 1. The van der Waals surface area contributed by atoms with E-state index in [2.05, 4.69) is 18.0 Å². The highest BCUT2D eigenvalue weighted by molar-refractivity contribution is 7.74. The number of hydrogen-bond donors (Lipinski definition) is 0. The Hall–Kier alpha value is 0.0300. The van der Waals surface area contributed by atoms with Gasteiger partial charge in [-0.05, 0) is 19.8 Å². The molecule has 1 atom stereocenters. The van der Waals surface area contributed by atoms with E-state index in [9.17, 15) is 8.76 Å². The van der Waals surface area contributed by atoms with Gasteiger partial charge in [-0.3, -0.25) is 0 Å². The topological polar surface area (TPSA) is 58.6 Å². The van der Waals surface area contributed by atoms with Crippen LogP contribution in [0.15, 0.2) is 0 Å². The van der Waals surface area contributed by atoms with Crippen LogP contribution in [0.4, 0.5) is 0 Å². The maximum Gasteiger partial charge on any atom is 0.0841 e. The van der Waals surface area contributed by atoms with Crippen molar-refractivity contribution in [3.8, 4) is 0 Å². The molecular weight excluding hydrogens is 264 g/mol. The highest BCUT2D eigenvalue weighted by atomic mass is 32.2. The molecule has 0 rings (SSSR count). The molecule has 0 saturated carbocycles. The quantitative estimate of drug-likeness (QED) is 0.403. The van der Waals surface area contributed by atoms with Gasteiger partial charge in [0.2, 0.25) is 0 Å². The Bertz CT molecular complexity index is 167. The summed E-state index contributed by atoms with van der Waals surface area (Å²) < 4.78 is 28.2. The Morgan fingerprint density at radius 3 is 1.58 bits per heavy atom. The number of hydrogen-bond acceptors (Lipinski definition) is 4. The second-order valence-corrected chi connectivity index (χ2v) is 4.99. The van der Waals surface area contributed by atoms with Crippen LogP contribution in [0, 0.1) is 0 Å². The van der Waals surface area contributed by atoms with Gasteiger partial charge < -0.3 is 13.5 Å². The van der Waals surface area contributed by atoms with Crippen molar-refractivity contribution in [3.63, 3.8) is 0 Å². The van der Waals surface area contributed by atoms with Crippen LogP contribution < -0.4 is 0 Å². The normalized spacial score (nSPS) is 11.8. The van der Waals surface area contributed by atoms with Gasteiger partial charge in [0, 0.05) is 13.2 Å². The van der Waals surface area contributed by atoms with Gasteiger partial charge in [-0.25, -0.2) is 4.21 Å². The third-order valence-electron chi connectivity index (χ3n) is 2.50. The van der Waals surface area contributed by atoms with Crippen molar-refractivity contribution in [2.75, 3.05) is 19.8 Å². The summed E-state index contributed by atoms with van der Waals surface area (Å²) in [5, 5.41) is 0. The zero-order valence-electron chi connectivity index (χ0n) is 12.8. The molecule has 0 aliphatic rings. The molecule has 19 heavy (non-hydrogen) atoms. The zero-order chi connectivity index (χ0) is 14.8. The van der Waals surface area contributed by atoms with Gasteiger partial charge in [0.05, 0.1) is 18.0 Å². The summed E-state index contributed by atoms with van der Waals surface area (Å²) in [5.41, 5.74) is 0. The van der Waals surface area contributed by atoms with Gasteiger partial charge in [0.1, 0.15) is 0 Å². The second-order valence-electron chi connectivity index (χ2n) is 4.34. The van der Waals surface area contributed by atoms with Gasteiger partial charge in [-0.15, -0.1) is 0 Å². The van der Waals surface area contributed by atoms with E-state index in [0.717, 1.165) is 13.2 Å². The van der Waals surface area contributed by atoms with Crippen LogP contribution in [0.5, 0.6) is 0 Å². The Balaban J connectivity index is 0. The minimum absolute atomic E-state index is 0.218. The number of rotatable bonds is 12. The molecule has 1 unspecified atom stereocenters. The van der Waals surface area contributed by atoms with Gasteiger partial charge in [0.25, 0.3) is 0 Å². The van der Waals surface area contributed by atoms with Crippen LogP contribution in [0.3, 0.4) is 0 Å². The van der Waals surface area contributed by atoms with Crippen LogP contribution in [-0.4, -0.2) is 28.6 Å². The molecule has 0 aliphatic carbocycles. The van der Waals surface area contributed by atoms with Gasteiger partial charge >= 0.3 is 0 Å². The lowest BCUT2D eigenvalue weighted by Gasteiger charge is -2.03. The van der Waals surface area contributed by atoms with E-state index >= 15 is 0 Å². The van der Waals surface area contributed by atoms with E-state index in [1.54, 1.807) is 6.92 Å². The molecule has 0 heterocycles. The third-order valence-corrected chi connectivity index (χ3v) is 2.93. The minimum atomic E-state index is -2.32.